The first-order valence-electron chi connectivity index (χ1n) is 11.3. The van der Waals surface area contributed by atoms with Crippen LogP contribution in [0.15, 0.2) is 47.4 Å². The van der Waals surface area contributed by atoms with Gasteiger partial charge in [-0.1, -0.05) is 84.0 Å². The molecule has 2 N–H and O–H groups in total. The van der Waals surface area contributed by atoms with Gasteiger partial charge in [-0.25, -0.2) is 8.93 Å². The van der Waals surface area contributed by atoms with Gasteiger partial charge in [0.25, 0.3) is 0 Å². The average Bonchev–Trinajstić information content (AvgIpc) is 2.74. The molecule has 0 fully saturated rings. The summed E-state index contributed by atoms with van der Waals surface area (Å²) >= 11 is 0. The molecule has 31 heavy (non-hydrogen) atoms. The van der Waals surface area contributed by atoms with Crippen LogP contribution in [-0.2, 0) is 22.2 Å². The van der Waals surface area contributed by atoms with E-state index in [2.05, 4.69) is 63.7 Å². The summed E-state index contributed by atoms with van der Waals surface area (Å²) < 4.78 is 16.3. The number of rotatable bonds is 11. The molecule has 0 aliphatic carbocycles. The second kappa shape index (κ2) is 12.2. The predicted octanol–water partition coefficient (Wildman–Crippen LogP) is 5.42. The Morgan fingerprint density at radius 2 is 1.45 bits per heavy atom. The highest BCUT2D eigenvalue weighted by atomic mass is 32.2. The zero-order valence-corrected chi connectivity index (χ0v) is 20.6. The van der Waals surface area contributed by atoms with Crippen LogP contribution in [0.5, 0.6) is 0 Å². The number of hydrogen-bond donors (Lipinski definition) is 2. The minimum atomic E-state index is -1.32. The van der Waals surface area contributed by atoms with Crippen molar-refractivity contribution < 1.29 is 9.00 Å². The molecule has 170 valence electrons. The Balaban J connectivity index is 1.97. The van der Waals surface area contributed by atoms with Crippen LogP contribution < -0.4 is 10.0 Å². The van der Waals surface area contributed by atoms with E-state index in [-0.39, 0.29) is 17.7 Å². The van der Waals surface area contributed by atoms with Crippen molar-refractivity contribution in [2.24, 2.45) is 0 Å². The number of benzene rings is 2. The zero-order chi connectivity index (χ0) is 23.0. The van der Waals surface area contributed by atoms with Crippen molar-refractivity contribution in [1.29, 1.82) is 0 Å². The molecular weight excluding hydrogens is 404 g/mol. The van der Waals surface area contributed by atoms with Crippen LogP contribution in [-0.4, -0.2) is 23.2 Å². The largest absolute Gasteiger partial charge is 0.355 e. The van der Waals surface area contributed by atoms with Gasteiger partial charge in [0, 0.05) is 19.5 Å². The molecule has 0 radical (unpaired) electrons. The third-order valence-corrected chi connectivity index (χ3v) is 6.74. The second-order valence-electron chi connectivity index (χ2n) is 8.99. The van der Waals surface area contributed by atoms with Crippen LogP contribution in [0, 0.1) is 0 Å². The molecule has 1 amide bonds. The van der Waals surface area contributed by atoms with Crippen molar-refractivity contribution >= 4 is 16.9 Å². The van der Waals surface area contributed by atoms with E-state index in [4.69, 9.17) is 0 Å². The number of hydrogen-bond acceptors (Lipinski definition) is 2. The van der Waals surface area contributed by atoms with Crippen LogP contribution in [0.4, 0.5) is 0 Å². The molecule has 5 heteroatoms. The molecule has 2 aromatic carbocycles. The van der Waals surface area contributed by atoms with Crippen LogP contribution in [0.3, 0.4) is 0 Å². The van der Waals surface area contributed by atoms with Gasteiger partial charge in [-0.2, -0.15) is 0 Å². The summed E-state index contributed by atoms with van der Waals surface area (Å²) in [6, 6.07) is 14.4. The maximum Gasteiger partial charge on any atom is 0.220 e. The van der Waals surface area contributed by atoms with E-state index in [0.717, 1.165) is 28.0 Å². The van der Waals surface area contributed by atoms with Crippen molar-refractivity contribution in [1.82, 2.24) is 10.0 Å². The quantitative estimate of drug-likeness (QED) is 0.457. The van der Waals surface area contributed by atoms with E-state index < -0.39 is 11.0 Å². The van der Waals surface area contributed by atoms with E-state index in [1.807, 2.05) is 30.3 Å². The molecule has 0 saturated carbocycles. The maximum absolute atomic E-state index is 13.2. The Hall–Kier alpha value is -1.98. The van der Waals surface area contributed by atoms with Gasteiger partial charge in [0.05, 0.1) is 4.90 Å². The smallest absolute Gasteiger partial charge is 0.220 e. The van der Waals surface area contributed by atoms with Crippen LogP contribution in [0.1, 0.15) is 88.0 Å². The number of nitrogens with one attached hydrogen (secondary N) is 2. The second-order valence-corrected chi connectivity index (χ2v) is 10.2. The normalized spacial score (nSPS) is 12.5. The fourth-order valence-corrected chi connectivity index (χ4v) is 4.96. The summed E-state index contributed by atoms with van der Waals surface area (Å²) in [4.78, 5) is 13.0. The van der Waals surface area contributed by atoms with Gasteiger partial charge in [0.15, 0.2) is 0 Å². The standard InChI is InChI=1S/C26H38N2O2S/c1-18(2)22-16-23(19(3)4)26(24(17-22)20(5)6)31(30)28-15-14-27-25(29)13-12-21-10-8-7-9-11-21/h7-11,16-20,28H,12-15H2,1-6H3,(H,27,29). The SMILES string of the molecule is CC(C)c1cc(C(C)C)c(S(=O)NCCNC(=O)CCc2ccccc2)c(C(C)C)c1. The fraction of sp³-hybridized carbons (Fsp3) is 0.500. The molecule has 0 bridgehead atoms. The molecule has 0 aromatic heterocycles. The lowest BCUT2D eigenvalue weighted by Crippen LogP contribution is -2.33. The van der Waals surface area contributed by atoms with Crippen LogP contribution >= 0.6 is 0 Å². The molecule has 0 aliphatic heterocycles. The molecule has 4 nitrogen and oxygen atoms in total. The summed E-state index contributed by atoms with van der Waals surface area (Å²) in [5, 5.41) is 2.92. The van der Waals surface area contributed by atoms with Crippen molar-refractivity contribution in [3.8, 4) is 0 Å². The first-order valence-corrected chi connectivity index (χ1v) is 12.5. The Bertz CT molecular complexity index is 847. The van der Waals surface area contributed by atoms with Crippen molar-refractivity contribution in [3.05, 3.63) is 64.7 Å². The van der Waals surface area contributed by atoms with Gasteiger partial charge >= 0.3 is 0 Å². The molecule has 2 aromatic rings. The molecule has 0 aliphatic rings. The molecule has 0 heterocycles. The Labute approximate surface area is 190 Å². The van der Waals surface area contributed by atoms with E-state index in [1.165, 1.54) is 5.56 Å². The predicted molar refractivity (Wildman–Crippen MR) is 131 cm³/mol. The zero-order valence-electron chi connectivity index (χ0n) is 19.8. The molecule has 1 unspecified atom stereocenters. The number of carbonyl (C=O) groups excluding carboxylic acids is 1. The summed E-state index contributed by atoms with van der Waals surface area (Å²) in [5.41, 5.74) is 4.74. The first-order chi connectivity index (χ1) is 14.7. The summed E-state index contributed by atoms with van der Waals surface area (Å²) in [7, 11) is -1.32. The molecule has 1 atom stereocenters. The van der Waals surface area contributed by atoms with E-state index in [1.54, 1.807) is 0 Å². The van der Waals surface area contributed by atoms with E-state index in [0.29, 0.717) is 25.4 Å². The monoisotopic (exact) mass is 442 g/mol. The van der Waals surface area contributed by atoms with Gasteiger partial charge in [0.2, 0.25) is 5.91 Å². The van der Waals surface area contributed by atoms with Crippen LogP contribution in [0.25, 0.3) is 0 Å². The molecule has 0 saturated heterocycles. The third-order valence-electron chi connectivity index (χ3n) is 5.43. The lowest BCUT2D eigenvalue weighted by Gasteiger charge is -2.22. The fourth-order valence-electron chi connectivity index (χ4n) is 3.51. The summed E-state index contributed by atoms with van der Waals surface area (Å²) in [5.74, 6) is 1.02. The highest BCUT2D eigenvalue weighted by molar-refractivity contribution is 7.83. The average molecular weight is 443 g/mol. The van der Waals surface area contributed by atoms with Crippen molar-refractivity contribution in [2.75, 3.05) is 13.1 Å². The van der Waals surface area contributed by atoms with Gasteiger partial charge < -0.3 is 5.32 Å². The summed E-state index contributed by atoms with van der Waals surface area (Å²) in [6.07, 6.45) is 1.18. The minimum Gasteiger partial charge on any atom is -0.355 e. The highest BCUT2D eigenvalue weighted by Crippen LogP contribution is 2.33. The van der Waals surface area contributed by atoms with Gasteiger partial charge in [-0.05, 0) is 46.4 Å². The number of aryl methyl sites for hydroxylation is 1. The molecule has 0 spiro atoms. The number of carbonyl (C=O) groups is 1. The first kappa shape index (κ1) is 25.3. The van der Waals surface area contributed by atoms with E-state index >= 15 is 0 Å². The van der Waals surface area contributed by atoms with E-state index in [9.17, 15) is 9.00 Å². The molecule has 2 rings (SSSR count). The Morgan fingerprint density at radius 3 is 1.97 bits per heavy atom. The Kier molecular flexibility index (Phi) is 9.92. The van der Waals surface area contributed by atoms with Crippen molar-refractivity contribution in [3.63, 3.8) is 0 Å². The summed E-state index contributed by atoms with van der Waals surface area (Å²) in [6.45, 7) is 13.9. The maximum atomic E-state index is 13.2. The minimum absolute atomic E-state index is 0.0171. The van der Waals surface area contributed by atoms with Crippen molar-refractivity contribution in [2.45, 2.75) is 77.0 Å². The number of amides is 1. The van der Waals surface area contributed by atoms with Gasteiger partial charge in [-0.3, -0.25) is 4.79 Å². The topological polar surface area (TPSA) is 58.2 Å². The third kappa shape index (κ3) is 7.58. The lowest BCUT2D eigenvalue weighted by atomic mass is 9.89. The highest BCUT2D eigenvalue weighted by Gasteiger charge is 2.21. The van der Waals surface area contributed by atoms with Gasteiger partial charge in [0.1, 0.15) is 11.0 Å². The lowest BCUT2D eigenvalue weighted by molar-refractivity contribution is -0.121. The van der Waals surface area contributed by atoms with Crippen LogP contribution in [0.2, 0.25) is 0 Å². The molecular formula is C26H38N2O2S. The Morgan fingerprint density at radius 1 is 0.871 bits per heavy atom. The van der Waals surface area contributed by atoms with Gasteiger partial charge in [-0.15, -0.1) is 0 Å².